The van der Waals surface area contributed by atoms with Crippen LogP contribution in [0.25, 0.3) is 11.0 Å². The largest absolute Gasteiger partial charge is 0.475 e. The molecule has 0 fully saturated rings. The fourth-order valence-electron chi connectivity index (χ4n) is 3.68. The minimum absolute atomic E-state index is 0.0119. The Morgan fingerprint density at radius 3 is 2.48 bits per heavy atom. The molecule has 1 N–H and O–H groups in total. The van der Waals surface area contributed by atoms with E-state index in [0.717, 1.165) is 29.8 Å². The molecule has 0 bridgehead atoms. The van der Waals surface area contributed by atoms with Crippen LogP contribution in [0.5, 0.6) is 0 Å². The molecular weight excluding hydrogens is 406 g/mol. The Labute approximate surface area is 186 Å². The van der Waals surface area contributed by atoms with Crippen molar-refractivity contribution in [3.63, 3.8) is 0 Å². The highest BCUT2D eigenvalue weighted by Gasteiger charge is 2.17. The van der Waals surface area contributed by atoms with Crippen LogP contribution in [0.1, 0.15) is 32.8 Å². The van der Waals surface area contributed by atoms with Gasteiger partial charge in [0.05, 0.1) is 0 Å². The molecule has 0 aliphatic carbocycles. The Morgan fingerprint density at radius 2 is 1.74 bits per heavy atom. The number of carboxylic acid groups (broad SMARTS) is 1. The van der Waals surface area contributed by atoms with Crippen molar-refractivity contribution < 1.29 is 14.3 Å². The minimum atomic E-state index is -1.04. The van der Waals surface area contributed by atoms with Crippen molar-refractivity contribution >= 4 is 28.9 Å². The molecule has 0 aliphatic rings. The molecule has 4 rings (SSSR count). The molecule has 0 aliphatic heterocycles. The zero-order chi connectivity index (χ0) is 21.8. The minimum Gasteiger partial charge on any atom is -0.475 e. The molecule has 0 unspecified atom stereocenters. The normalized spacial score (nSPS) is 11.3. The van der Waals surface area contributed by atoms with Gasteiger partial charge < -0.3 is 9.52 Å². The van der Waals surface area contributed by atoms with Crippen LogP contribution >= 0.6 is 11.9 Å². The van der Waals surface area contributed by atoms with Gasteiger partial charge in [0.1, 0.15) is 5.58 Å². The summed E-state index contributed by atoms with van der Waals surface area (Å²) in [5.41, 5.74) is 5.11. The third-order valence-corrected chi connectivity index (χ3v) is 6.31. The number of aryl methyl sites for hydroxylation is 2. The zero-order valence-corrected chi connectivity index (χ0v) is 18.5. The summed E-state index contributed by atoms with van der Waals surface area (Å²) >= 11 is 1.69. The second-order valence-corrected chi connectivity index (χ2v) is 8.87. The second-order valence-electron chi connectivity index (χ2n) is 7.70. The lowest BCUT2D eigenvalue weighted by atomic mass is 10.1. The Hall–Kier alpha value is -3.02. The number of carboxylic acids is 1. The maximum Gasteiger partial charge on any atom is 0.372 e. The van der Waals surface area contributed by atoms with Crippen LogP contribution < -0.4 is 0 Å². The molecule has 5 heteroatoms. The maximum atomic E-state index is 11.4. The summed E-state index contributed by atoms with van der Waals surface area (Å²) in [6.07, 6.45) is 0.954. The van der Waals surface area contributed by atoms with Crippen molar-refractivity contribution in [1.82, 2.24) is 4.31 Å². The molecule has 31 heavy (non-hydrogen) atoms. The molecular formula is C26H25NO3S. The number of furan rings is 1. The molecule has 0 saturated carbocycles. The van der Waals surface area contributed by atoms with E-state index in [9.17, 15) is 9.90 Å². The summed E-state index contributed by atoms with van der Waals surface area (Å²) in [4.78, 5) is 12.5. The van der Waals surface area contributed by atoms with Gasteiger partial charge in [0.2, 0.25) is 5.76 Å². The van der Waals surface area contributed by atoms with Gasteiger partial charge in [-0.15, -0.1) is 0 Å². The van der Waals surface area contributed by atoms with E-state index < -0.39 is 5.97 Å². The molecule has 0 amide bonds. The van der Waals surface area contributed by atoms with E-state index in [4.69, 9.17) is 4.42 Å². The molecule has 3 aromatic carbocycles. The highest BCUT2D eigenvalue weighted by Crippen LogP contribution is 2.32. The summed E-state index contributed by atoms with van der Waals surface area (Å²) in [5.74, 6) is -1.02. The highest BCUT2D eigenvalue weighted by atomic mass is 32.2. The number of hydrogen-bond acceptors (Lipinski definition) is 4. The highest BCUT2D eigenvalue weighted by molar-refractivity contribution is 7.97. The van der Waals surface area contributed by atoms with Crippen LogP contribution in [0.4, 0.5) is 0 Å². The first-order valence-corrected chi connectivity index (χ1v) is 11.1. The number of rotatable bonds is 8. The molecule has 0 saturated heterocycles. The Balaban J connectivity index is 1.58. The zero-order valence-electron chi connectivity index (χ0n) is 17.7. The third-order valence-electron chi connectivity index (χ3n) is 5.27. The molecule has 1 aromatic heterocycles. The predicted molar refractivity (Wildman–Crippen MR) is 126 cm³/mol. The molecule has 4 aromatic rings. The summed E-state index contributed by atoms with van der Waals surface area (Å²) in [6.45, 7) is 5.62. The van der Waals surface area contributed by atoms with Crippen molar-refractivity contribution in [3.05, 3.63) is 101 Å². The molecule has 1 heterocycles. The second kappa shape index (κ2) is 9.41. The van der Waals surface area contributed by atoms with Crippen molar-refractivity contribution in [2.75, 3.05) is 6.54 Å². The molecule has 0 atom stereocenters. The summed E-state index contributed by atoms with van der Waals surface area (Å²) in [5, 5.41) is 10.2. The average Bonchev–Trinajstić information content (AvgIpc) is 3.09. The van der Waals surface area contributed by atoms with E-state index in [-0.39, 0.29) is 5.76 Å². The first-order valence-electron chi connectivity index (χ1n) is 10.3. The maximum absolute atomic E-state index is 11.4. The Kier molecular flexibility index (Phi) is 6.44. The smallest absolute Gasteiger partial charge is 0.372 e. The van der Waals surface area contributed by atoms with Crippen LogP contribution in [0.2, 0.25) is 0 Å². The van der Waals surface area contributed by atoms with E-state index in [1.165, 1.54) is 16.7 Å². The number of aromatic carboxylic acids is 1. The van der Waals surface area contributed by atoms with Gasteiger partial charge in [-0.05, 0) is 61.5 Å². The quantitative estimate of drug-likeness (QED) is 0.323. The van der Waals surface area contributed by atoms with Gasteiger partial charge in [-0.3, -0.25) is 0 Å². The van der Waals surface area contributed by atoms with Gasteiger partial charge in [-0.25, -0.2) is 9.10 Å². The summed E-state index contributed by atoms with van der Waals surface area (Å²) in [7, 11) is 0. The van der Waals surface area contributed by atoms with E-state index in [1.54, 1.807) is 18.9 Å². The number of carbonyl (C=O) groups is 1. The lowest BCUT2D eigenvalue weighted by Crippen LogP contribution is -2.18. The topological polar surface area (TPSA) is 53.7 Å². The molecule has 4 nitrogen and oxygen atoms in total. The molecule has 0 radical (unpaired) electrons. The monoisotopic (exact) mass is 431 g/mol. The summed E-state index contributed by atoms with van der Waals surface area (Å²) in [6, 6.07) is 25.0. The van der Waals surface area contributed by atoms with E-state index in [0.29, 0.717) is 11.1 Å². The van der Waals surface area contributed by atoms with Gasteiger partial charge in [0.15, 0.2) is 0 Å². The van der Waals surface area contributed by atoms with Gasteiger partial charge in [-0.2, -0.15) is 0 Å². The van der Waals surface area contributed by atoms with Crippen LogP contribution in [0.3, 0.4) is 0 Å². The molecule has 0 spiro atoms. The third kappa shape index (κ3) is 5.19. The van der Waals surface area contributed by atoms with E-state index >= 15 is 0 Å². The number of benzene rings is 3. The van der Waals surface area contributed by atoms with Crippen LogP contribution in [-0.4, -0.2) is 21.9 Å². The van der Waals surface area contributed by atoms with Gasteiger partial charge in [-0.1, -0.05) is 60.2 Å². The Bertz CT molecular complexity index is 1200. The van der Waals surface area contributed by atoms with E-state index in [1.807, 2.05) is 24.3 Å². The van der Waals surface area contributed by atoms with E-state index in [2.05, 4.69) is 59.8 Å². The lowest BCUT2D eigenvalue weighted by molar-refractivity contribution is 0.0664. The Morgan fingerprint density at radius 1 is 0.968 bits per heavy atom. The van der Waals surface area contributed by atoms with Crippen LogP contribution in [-0.2, 0) is 13.0 Å². The first kappa shape index (κ1) is 21.2. The molecule has 158 valence electrons. The number of hydrogen-bond donors (Lipinski definition) is 1. The van der Waals surface area contributed by atoms with Crippen LogP contribution in [0, 0.1) is 13.8 Å². The van der Waals surface area contributed by atoms with Gasteiger partial charge in [0, 0.05) is 28.9 Å². The van der Waals surface area contributed by atoms with Gasteiger partial charge >= 0.3 is 5.97 Å². The first-order chi connectivity index (χ1) is 15.0. The fourth-order valence-corrected chi connectivity index (χ4v) is 4.67. The van der Waals surface area contributed by atoms with Crippen molar-refractivity contribution in [3.8, 4) is 0 Å². The van der Waals surface area contributed by atoms with Crippen molar-refractivity contribution in [1.29, 1.82) is 0 Å². The van der Waals surface area contributed by atoms with Crippen LogP contribution in [0.15, 0.2) is 82.1 Å². The number of fused-ring (bicyclic) bond motifs is 1. The van der Waals surface area contributed by atoms with Crippen molar-refractivity contribution in [2.45, 2.75) is 31.7 Å². The SMILES string of the molecule is Cc1cccc(CN(CCc2ccccc2)Sc2ccc3oc(C(=O)O)c(C)c3c2)c1. The average molecular weight is 432 g/mol. The van der Waals surface area contributed by atoms with Crippen molar-refractivity contribution in [2.24, 2.45) is 0 Å². The standard InChI is InChI=1S/C26H25NO3S/c1-18-7-6-10-21(15-18)17-27(14-13-20-8-4-3-5-9-20)31-22-11-12-24-23(16-22)19(2)25(30-24)26(28)29/h3-12,15-16H,13-14,17H2,1-2H3,(H,28,29). The predicted octanol–water partition coefficient (Wildman–Crippen LogP) is 6.50. The fraction of sp³-hybridized carbons (Fsp3) is 0.192. The summed E-state index contributed by atoms with van der Waals surface area (Å²) < 4.78 is 7.87. The lowest BCUT2D eigenvalue weighted by Gasteiger charge is -2.21. The van der Waals surface area contributed by atoms with Gasteiger partial charge in [0.25, 0.3) is 0 Å². The number of nitrogens with zero attached hydrogens (tertiary/aromatic N) is 1.